The Morgan fingerprint density at radius 2 is 1.64 bits per heavy atom. The summed E-state index contributed by atoms with van der Waals surface area (Å²) < 4.78 is 5.52. The molecule has 0 saturated heterocycles. The van der Waals surface area contributed by atoms with Crippen molar-refractivity contribution in [3.8, 4) is 0 Å². The maximum absolute atomic E-state index is 10.3. The maximum atomic E-state index is 10.3. The van der Waals surface area contributed by atoms with E-state index < -0.39 is 5.97 Å². The van der Waals surface area contributed by atoms with Crippen LogP contribution in [0.25, 0.3) is 0 Å². The Balaban J connectivity index is 1.76. The fourth-order valence-corrected chi connectivity index (χ4v) is 1.88. The van der Waals surface area contributed by atoms with Crippen molar-refractivity contribution in [2.75, 3.05) is 39.5 Å². The van der Waals surface area contributed by atoms with Gasteiger partial charge in [0.25, 0.3) is 0 Å². The van der Waals surface area contributed by atoms with Gasteiger partial charge in [-0.1, -0.05) is 30.3 Å². The molecule has 0 aromatic heterocycles. The highest BCUT2D eigenvalue weighted by molar-refractivity contribution is 5.68. The Bertz CT molecular complexity index is 387. The maximum Gasteiger partial charge on any atom is 0.317 e. The fraction of sp³-hybridized carbons (Fsp3) is 0.562. The molecule has 0 bridgehead atoms. The topological polar surface area (TPSA) is 82.6 Å². The van der Waals surface area contributed by atoms with Crippen LogP contribution in [0.15, 0.2) is 30.3 Å². The summed E-state index contributed by atoms with van der Waals surface area (Å²) in [4.78, 5) is 10.3. The molecule has 0 spiro atoms. The van der Waals surface area contributed by atoms with Crippen molar-refractivity contribution in [1.82, 2.24) is 16.0 Å². The van der Waals surface area contributed by atoms with Crippen LogP contribution in [0.1, 0.15) is 18.4 Å². The lowest BCUT2D eigenvalue weighted by Crippen LogP contribution is -2.30. The van der Waals surface area contributed by atoms with Gasteiger partial charge in [0, 0.05) is 13.1 Å². The molecule has 0 radical (unpaired) electrons. The highest BCUT2D eigenvalue weighted by atomic mass is 16.5. The van der Waals surface area contributed by atoms with Crippen molar-refractivity contribution in [3.05, 3.63) is 35.9 Å². The molecule has 0 aliphatic rings. The van der Waals surface area contributed by atoms with Gasteiger partial charge < -0.3 is 20.5 Å². The predicted octanol–water partition coefficient (Wildman–Crippen LogP) is 0.794. The van der Waals surface area contributed by atoms with E-state index in [0.717, 1.165) is 39.0 Å². The van der Waals surface area contributed by atoms with Crippen molar-refractivity contribution in [2.45, 2.75) is 19.4 Å². The molecule has 4 N–H and O–H groups in total. The first-order valence-corrected chi connectivity index (χ1v) is 7.74. The largest absolute Gasteiger partial charge is 0.480 e. The van der Waals surface area contributed by atoms with Crippen LogP contribution < -0.4 is 16.0 Å². The van der Waals surface area contributed by atoms with E-state index in [1.54, 1.807) is 0 Å². The van der Waals surface area contributed by atoms with E-state index in [2.05, 4.69) is 16.0 Å². The Morgan fingerprint density at radius 3 is 2.36 bits per heavy atom. The van der Waals surface area contributed by atoms with Gasteiger partial charge in [0.05, 0.1) is 19.9 Å². The first-order valence-electron chi connectivity index (χ1n) is 7.74. The van der Waals surface area contributed by atoms with E-state index in [9.17, 15) is 4.79 Å². The third kappa shape index (κ3) is 11.2. The number of ether oxygens (including phenoxy) is 1. The molecule has 0 amide bonds. The second kappa shape index (κ2) is 13.2. The van der Waals surface area contributed by atoms with Crippen LogP contribution in [0.4, 0.5) is 0 Å². The number of aliphatic carboxylic acids is 1. The summed E-state index contributed by atoms with van der Waals surface area (Å²) in [6.07, 6.45) is 2.02. The second-order valence-electron chi connectivity index (χ2n) is 5.01. The van der Waals surface area contributed by atoms with E-state index >= 15 is 0 Å². The molecule has 1 aromatic carbocycles. The zero-order valence-electron chi connectivity index (χ0n) is 13.0. The zero-order valence-corrected chi connectivity index (χ0v) is 13.0. The minimum absolute atomic E-state index is 0.0420. The number of unbranched alkanes of at least 4 members (excludes halogenated alkanes) is 1. The monoisotopic (exact) mass is 309 g/mol. The van der Waals surface area contributed by atoms with Crippen molar-refractivity contribution < 1.29 is 14.6 Å². The lowest BCUT2D eigenvalue weighted by molar-refractivity contribution is -0.135. The van der Waals surface area contributed by atoms with Crippen LogP contribution in [0.2, 0.25) is 0 Å². The minimum atomic E-state index is -0.807. The predicted molar refractivity (Wildman–Crippen MR) is 86.7 cm³/mol. The summed E-state index contributed by atoms with van der Waals surface area (Å²) in [6.45, 7) is 4.69. The van der Waals surface area contributed by atoms with Gasteiger partial charge in [-0.2, -0.15) is 0 Å². The lowest BCUT2D eigenvalue weighted by atomic mass is 10.2. The van der Waals surface area contributed by atoms with Crippen molar-refractivity contribution in [1.29, 1.82) is 0 Å². The molecule has 1 rings (SSSR count). The lowest BCUT2D eigenvalue weighted by Gasteiger charge is -2.08. The molecule has 22 heavy (non-hydrogen) atoms. The smallest absolute Gasteiger partial charge is 0.317 e. The Kier molecular flexibility index (Phi) is 11.2. The third-order valence-corrected chi connectivity index (χ3v) is 3.03. The van der Waals surface area contributed by atoms with E-state index in [0.29, 0.717) is 13.3 Å². The van der Waals surface area contributed by atoms with Crippen LogP contribution in [0.3, 0.4) is 0 Å². The van der Waals surface area contributed by atoms with Gasteiger partial charge in [-0.15, -0.1) is 0 Å². The van der Waals surface area contributed by atoms with Crippen molar-refractivity contribution in [2.24, 2.45) is 0 Å². The van der Waals surface area contributed by atoms with Gasteiger partial charge >= 0.3 is 5.97 Å². The van der Waals surface area contributed by atoms with Crippen LogP contribution in [-0.2, 0) is 16.1 Å². The number of carboxylic acid groups (broad SMARTS) is 1. The minimum Gasteiger partial charge on any atom is -0.480 e. The Hall–Kier alpha value is -1.47. The molecule has 124 valence electrons. The first-order chi connectivity index (χ1) is 10.8. The Labute approximate surface area is 132 Å². The molecule has 6 heteroatoms. The van der Waals surface area contributed by atoms with Gasteiger partial charge in [-0.25, -0.2) is 0 Å². The average Bonchev–Trinajstić information content (AvgIpc) is 2.52. The van der Waals surface area contributed by atoms with Crippen LogP contribution in [0, 0.1) is 0 Å². The third-order valence-electron chi connectivity index (χ3n) is 3.03. The molecule has 0 atom stereocenters. The normalized spacial score (nSPS) is 10.7. The molecular weight excluding hydrogens is 282 g/mol. The SMILES string of the molecule is O=C(O)CNCCCCNCCNCOCc1ccccc1. The molecule has 0 aliphatic heterocycles. The van der Waals surface area contributed by atoms with Crippen LogP contribution in [0.5, 0.6) is 0 Å². The molecule has 1 aromatic rings. The molecule has 0 fully saturated rings. The number of hydrogen-bond donors (Lipinski definition) is 4. The van der Waals surface area contributed by atoms with E-state index in [1.807, 2.05) is 30.3 Å². The first kappa shape index (κ1) is 18.6. The number of rotatable bonds is 14. The number of benzene rings is 1. The van der Waals surface area contributed by atoms with Gasteiger partial charge in [-0.05, 0) is 31.5 Å². The van der Waals surface area contributed by atoms with Gasteiger partial charge in [0.2, 0.25) is 0 Å². The zero-order chi connectivity index (χ0) is 15.9. The molecule has 0 heterocycles. The van der Waals surface area contributed by atoms with Crippen LogP contribution in [-0.4, -0.2) is 50.5 Å². The highest BCUT2D eigenvalue weighted by Crippen LogP contribution is 1.99. The van der Waals surface area contributed by atoms with E-state index in [4.69, 9.17) is 9.84 Å². The van der Waals surface area contributed by atoms with E-state index in [-0.39, 0.29) is 6.54 Å². The highest BCUT2D eigenvalue weighted by Gasteiger charge is 1.95. The summed E-state index contributed by atoms with van der Waals surface area (Å²) in [5.74, 6) is -0.807. The van der Waals surface area contributed by atoms with Crippen molar-refractivity contribution >= 4 is 5.97 Å². The number of carbonyl (C=O) groups is 1. The molecule has 0 aliphatic carbocycles. The molecule has 0 saturated carbocycles. The Morgan fingerprint density at radius 1 is 0.955 bits per heavy atom. The van der Waals surface area contributed by atoms with Crippen molar-refractivity contribution in [3.63, 3.8) is 0 Å². The molecule has 6 nitrogen and oxygen atoms in total. The second-order valence-corrected chi connectivity index (χ2v) is 5.01. The summed E-state index contributed by atoms with van der Waals surface area (Å²) in [5.41, 5.74) is 1.18. The summed E-state index contributed by atoms with van der Waals surface area (Å²) in [5, 5.41) is 17.9. The number of carboxylic acids is 1. The number of hydrogen-bond acceptors (Lipinski definition) is 5. The summed E-state index contributed by atoms with van der Waals surface area (Å²) in [7, 11) is 0. The average molecular weight is 309 g/mol. The fourth-order valence-electron chi connectivity index (χ4n) is 1.88. The standard InChI is InChI=1S/C16H27N3O3/c20-16(21)12-18-9-5-4-8-17-10-11-19-14-22-13-15-6-2-1-3-7-15/h1-3,6-7,17-19H,4-5,8-14H2,(H,20,21). The van der Waals surface area contributed by atoms with Gasteiger partial charge in [-0.3, -0.25) is 10.1 Å². The molecular formula is C16H27N3O3. The molecule has 0 unspecified atom stereocenters. The van der Waals surface area contributed by atoms with Crippen LogP contribution >= 0.6 is 0 Å². The summed E-state index contributed by atoms with van der Waals surface area (Å²) >= 11 is 0. The van der Waals surface area contributed by atoms with Gasteiger partial charge in [0.1, 0.15) is 0 Å². The quantitative estimate of drug-likeness (QED) is 0.300. The number of nitrogens with one attached hydrogen (secondary N) is 3. The van der Waals surface area contributed by atoms with E-state index in [1.165, 1.54) is 5.56 Å². The summed E-state index contributed by atoms with van der Waals surface area (Å²) in [6, 6.07) is 10.1. The van der Waals surface area contributed by atoms with Gasteiger partial charge in [0.15, 0.2) is 0 Å².